The van der Waals surface area contributed by atoms with Crippen LogP contribution in [0.1, 0.15) is 5.69 Å². The highest BCUT2D eigenvalue weighted by Gasteiger charge is 2.48. The molecule has 0 N–H and O–H groups in total. The fourth-order valence-electron chi connectivity index (χ4n) is 2.25. The maximum Gasteiger partial charge on any atom is 0.0648 e. The van der Waals surface area contributed by atoms with Gasteiger partial charge in [0.25, 0.3) is 0 Å². The normalized spacial score (nSPS) is 22.3. The molecule has 2 saturated heterocycles. The van der Waals surface area contributed by atoms with E-state index in [0.717, 1.165) is 32.0 Å². The second-order valence-corrected chi connectivity index (χ2v) is 4.76. The van der Waals surface area contributed by atoms with Gasteiger partial charge in [-0.2, -0.15) is 0 Å². The first-order valence-corrected chi connectivity index (χ1v) is 5.68. The number of hydrogen-bond acceptors (Lipinski definition) is 3. The number of ether oxygens (including phenoxy) is 1. The summed E-state index contributed by atoms with van der Waals surface area (Å²) in [5.41, 5.74) is 2.64. The molecule has 0 aromatic carbocycles. The smallest absolute Gasteiger partial charge is 0.0648 e. The SMILES string of the molecule is ClCc1cc(N2CC3(COC3)C2)ccn1. The molecule has 2 aliphatic rings. The predicted octanol–water partition coefficient (Wildman–Crippen LogP) is 1.66. The Morgan fingerprint density at radius 1 is 1.47 bits per heavy atom. The molecule has 0 bridgehead atoms. The number of hydrogen-bond donors (Lipinski definition) is 0. The van der Waals surface area contributed by atoms with E-state index in [1.807, 2.05) is 12.3 Å². The summed E-state index contributed by atoms with van der Waals surface area (Å²) in [5.74, 6) is 0.482. The number of halogens is 1. The van der Waals surface area contributed by atoms with Crippen molar-refractivity contribution in [2.45, 2.75) is 5.88 Å². The number of pyridine rings is 1. The lowest BCUT2D eigenvalue weighted by atomic mass is 9.78. The molecule has 1 aromatic rings. The maximum absolute atomic E-state index is 5.76. The van der Waals surface area contributed by atoms with Crippen LogP contribution >= 0.6 is 11.6 Å². The molecule has 3 nitrogen and oxygen atoms in total. The quantitative estimate of drug-likeness (QED) is 0.715. The van der Waals surface area contributed by atoms with Gasteiger partial charge in [0.1, 0.15) is 0 Å². The summed E-state index contributed by atoms with van der Waals surface area (Å²) in [6.07, 6.45) is 1.83. The van der Waals surface area contributed by atoms with Crippen molar-refractivity contribution in [2.75, 3.05) is 31.2 Å². The maximum atomic E-state index is 5.76. The van der Waals surface area contributed by atoms with Gasteiger partial charge in [0, 0.05) is 25.0 Å². The molecule has 80 valence electrons. The first-order chi connectivity index (χ1) is 7.31. The van der Waals surface area contributed by atoms with E-state index in [2.05, 4.69) is 16.0 Å². The van der Waals surface area contributed by atoms with Crippen LogP contribution in [0.25, 0.3) is 0 Å². The van der Waals surface area contributed by atoms with E-state index in [1.165, 1.54) is 5.69 Å². The number of anilines is 1. The van der Waals surface area contributed by atoms with Gasteiger partial charge < -0.3 is 9.64 Å². The molecule has 3 rings (SSSR count). The van der Waals surface area contributed by atoms with E-state index in [-0.39, 0.29) is 0 Å². The Hall–Kier alpha value is -0.800. The van der Waals surface area contributed by atoms with Crippen molar-refractivity contribution in [2.24, 2.45) is 5.41 Å². The average Bonchev–Trinajstić information content (AvgIpc) is 2.14. The van der Waals surface area contributed by atoms with Crippen molar-refractivity contribution >= 4 is 17.3 Å². The zero-order chi connectivity index (χ0) is 10.3. The molecule has 0 radical (unpaired) electrons. The highest BCUT2D eigenvalue weighted by atomic mass is 35.5. The zero-order valence-corrected chi connectivity index (χ0v) is 9.20. The number of rotatable bonds is 2. The summed E-state index contributed by atoms with van der Waals surface area (Å²) in [7, 11) is 0. The molecule has 1 spiro atoms. The van der Waals surface area contributed by atoms with E-state index in [9.17, 15) is 0 Å². The highest BCUT2D eigenvalue weighted by Crippen LogP contribution is 2.40. The largest absolute Gasteiger partial charge is 0.380 e. The summed E-state index contributed by atoms with van der Waals surface area (Å²) in [6.45, 7) is 4.07. The van der Waals surface area contributed by atoms with E-state index >= 15 is 0 Å². The van der Waals surface area contributed by atoms with Crippen molar-refractivity contribution in [1.82, 2.24) is 4.98 Å². The van der Waals surface area contributed by atoms with Crippen LogP contribution in [-0.4, -0.2) is 31.3 Å². The van der Waals surface area contributed by atoms with Crippen LogP contribution in [0.15, 0.2) is 18.3 Å². The van der Waals surface area contributed by atoms with Crippen LogP contribution in [0.4, 0.5) is 5.69 Å². The lowest BCUT2D eigenvalue weighted by Crippen LogP contribution is -2.66. The molecule has 4 heteroatoms. The Labute approximate surface area is 94.0 Å². The van der Waals surface area contributed by atoms with Crippen LogP contribution < -0.4 is 4.90 Å². The van der Waals surface area contributed by atoms with Crippen LogP contribution in [-0.2, 0) is 10.6 Å². The van der Waals surface area contributed by atoms with Gasteiger partial charge in [-0.15, -0.1) is 11.6 Å². The van der Waals surface area contributed by atoms with Gasteiger partial charge in [0.2, 0.25) is 0 Å². The van der Waals surface area contributed by atoms with Crippen molar-refractivity contribution in [3.05, 3.63) is 24.0 Å². The summed E-state index contributed by atoms with van der Waals surface area (Å²) in [6, 6.07) is 4.11. The summed E-state index contributed by atoms with van der Waals surface area (Å²) >= 11 is 5.76. The van der Waals surface area contributed by atoms with Gasteiger partial charge in [0.05, 0.1) is 30.2 Å². The Balaban J connectivity index is 1.72. The summed E-state index contributed by atoms with van der Waals surface area (Å²) < 4.78 is 5.25. The van der Waals surface area contributed by atoms with Crippen LogP contribution in [0.2, 0.25) is 0 Å². The molecule has 0 atom stereocenters. The second-order valence-electron chi connectivity index (χ2n) is 4.49. The molecule has 0 amide bonds. The third-order valence-corrected chi connectivity index (χ3v) is 3.45. The minimum atomic E-state index is 0.463. The molecule has 0 aliphatic carbocycles. The van der Waals surface area contributed by atoms with Gasteiger partial charge in [-0.25, -0.2) is 0 Å². The van der Waals surface area contributed by atoms with E-state index in [1.54, 1.807) is 0 Å². The Morgan fingerprint density at radius 3 is 2.87 bits per heavy atom. The molecule has 15 heavy (non-hydrogen) atoms. The van der Waals surface area contributed by atoms with Gasteiger partial charge in [-0.05, 0) is 12.1 Å². The average molecular weight is 225 g/mol. The van der Waals surface area contributed by atoms with Crippen LogP contribution in [0.5, 0.6) is 0 Å². The lowest BCUT2D eigenvalue weighted by Gasteiger charge is -2.56. The number of aromatic nitrogens is 1. The molecular weight excluding hydrogens is 212 g/mol. The Kier molecular flexibility index (Phi) is 2.11. The lowest BCUT2D eigenvalue weighted by molar-refractivity contribution is -0.127. The minimum Gasteiger partial charge on any atom is -0.380 e. The molecule has 2 fully saturated rings. The second kappa shape index (κ2) is 3.35. The predicted molar refractivity (Wildman–Crippen MR) is 59.3 cm³/mol. The molecule has 3 heterocycles. The van der Waals surface area contributed by atoms with Crippen molar-refractivity contribution in [3.8, 4) is 0 Å². The Morgan fingerprint density at radius 2 is 2.27 bits per heavy atom. The Bertz CT molecular complexity index is 371. The monoisotopic (exact) mass is 224 g/mol. The minimum absolute atomic E-state index is 0.463. The van der Waals surface area contributed by atoms with E-state index in [4.69, 9.17) is 16.3 Å². The number of alkyl halides is 1. The van der Waals surface area contributed by atoms with Gasteiger partial charge in [-0.1, -0.05) is 0 Å². The summed E-state index contributed by atoms with van der Waals surface area (Å²) in [4.78, 5) is 6.55. The van der Waals surface area contributed by atoms with Crippen molar-refractivity contribution < 1.29 is 4.74 Å². The van der Waals surface area contributed by atoms with Crippen LogP contribution in [0, 0.1) is 5.41 Å². The van der Waals surface area contributed by atoms with E-state index < -0.39 is 0 Å². The molecule has 0 saturated carbocycles. The molecular formula is C11H13ClN2O. The van der Waals surface area contributed by atoms with Crippen molar-refractivity contribution in [3.63, 3.8) is 0 Å². The fourth-order valence-corrected chi connectivity index (χ4v) is 2.40. The highest BCUT2D eigenvalue weighted by molar-refractivity contribution is 6.16. The van der Waals surface area contributed by atoms with Gasteiger partial charge in [-0.3, -0.25) is 4.98 Å². The van der Waals surface area contributed by atoms with Gasteiger partial charge >= 0.3 is 0 Å². The van der Waals surface area contributed by atoms with Gasteiger partial charge in [0.15, 0.2) is 0 Å². The fraction of sp³-hybridized carbons (Fsp3) is 0.545. The van der Waals surface area contributed by atoms with Crippen LogP contribution in [0.3, 0.4) is 0 Å². The zero-order valence-electron chi connectivity index (χ0n) is 8.45. The summed E-state index contributed by atoms with van der Waals surface area (Å²) in [5, 5.41) is 0. The first kappa shape index (κ1) is 9.43. The molecule has 1 aromatic heterocycles. The van der Waals surface area contributed by atoms with E-state index in [0.29, 0.717) is 11.3 Å². The standard InChI is InChI=1S/C11H13ClN2O/c12-4-9-3-10(1-2-13-9)14-5-11(6-14)7-15-8-11/h1-3H,4-8H2. The molecule has 0 unspecified atom stereocenters. The molecule has 2 aliphatic heterocycles. The number of nitrogens with zero attached hydrogens (tertiary/aromatic N) is 2. The van der Waals surface area contributed by atoms with Crippen molar-refractivity contribution in [1.29, 1.82) is 0 Å². The third kappa shape index (κ3) is 1.50. The first-order valence-electron chi connectivity index (χ1n) is 5.15. The third-order valence-electron chi connectivity index (χ3n) is 3.17. The topological polar surface area (TPSA) is 25.4 Å².